The minimum atomic E-state index is -0.975. The average Bonchev–Trinajstić information content (AvgIpc) is 3.07. The second-order valence-electron chi connectivity index (χ2n) is 6.53. The van der Waals surface area contributed by atoms with Crippen LogP contribution in [0.15, 0.2) is 42.5 Å². The summed E-state index contributed by atoms with van der Waals surface area (Å²) in [4.78, 5) is 26.3. The molecular formula is C20H19NO3. The molecule has 2 aromatic rings. The Hall–Kier alpha value is -2.62. The number of carboxylic acid groups (broad SMARTS) is 1. The van der Waals surface area contributed by atoms with E-state index in [1.165, 1.54) is 16.0 Å². The predicted octanol–water partition coefficient (Wildman–Crippen LogP) is 3.00. The van der Waals surface area contributed by atoms with Gasteiger partial charge in [0, 0.05) is 12.1 Å². The van der Waals surface area contributed by atoms with Gasteiger partial charge < -0.3 is 10.0 Å². The molecule has 4 heteroatoms. The molecule has 0 fully saturated rings. The minimum absolute atomic E-state index is 0.188. The van der Waals surface area contributed by atoms with E-state index in [1.54, 1.807) is 0 Å². The van der Waals surface area contributed by atoms with E-state index in [0.717, 1.165) is 30.4 Å². The highest BCUT2D eigenvalue weighted by molar-refractivity contribution is 5.97. The number of carbonyl (C=O) groups excluding carboxylic acids is 1. The SMILES string of the molecule is O=C(O)C1c2ccccc2CCN1C(=O)c1ccc2c(c1)CCC2. The number of amides is 1. The molecule has 1 aliphatic heterocycles. The summed E-state index contributed by atoms with van der Waals surface area (Å²) < 4.78 is 0. The maximum atomic E-state index is 13.0. The maximum Gasteiger partial charge on any atom is 0.331 e. The molecule has 2 aliphatic rings. The smallest absolute Gasteiger partial charge is 0.331 e. The van der Waals surface area contributed by atoms with Crippen LogP contribution in [0.4, 0.5) is 0 Å². The number of aliphatic carboxylic acids is 1. The zero-order chi connectivity index (χ0) is 16.7. The Balaban J connectivity index is 1.70. The van der Waals surface area contributed by atoms with Crippen LogP contribution in [0.1, 0.15) is 45.1 Å². The first-order chi connectivity index (χ1) is 11.6. The van der Waals surface area contributed by atoms with Gasteiger partial charge in [-0.15, -0.1) is 0 Å². The van der Waals surface area contributed by atoms with Gasteiger partial charge in [-0.05, 0) is 60.1 Å². The summed E-state index contributed by atoms with van der Waals surface area (Å²) in [6, 6.07) is 12.4. The summed E-state index contributed by atoms with van der Waals surface area (Å²) in [5.74, 6) is -1.16. The monoisotopic (exact) mass is 321 g/mol. The largest absolute Gasteiger partial charge is 0.479 e. The number of rotatable bonds is 2. The highest BCUT2D eigenvalue weighted by Gasteiger charge is 2.36. The molecule has 0 saturated carbocycles. The fraction of sp³-hybridized carbons (Fsp3) is 0.300. The van der Waals surface area contributed by atoms with Gasteiger partial charge in [0.2, 0.25) is 0 Å². The van der Waals surface area contributed by atoms with Crippen molar-refractivity contribution in [2.75, 3.05) is 6.54 Å². The Morgan fingerprint density at radius 3 is 2.58 bits per heavy atom. The van der Waals surface area contributed by atoms with E-state index in [-0.39, 0.29) is 5.91 Å². The van der Waals surface area contributed by atoms with Gasteiger partial charge >= 0.3 is 5.97 Å². The van der Waals surface area contributed by atoms with E-state index in [9.17, 15) is 14.7 Å². The van der Waals surface area contributed by atoms with Crippen molar-refractivity contribution in [3.8, 4) is 0 Å². The molecule has 0 saturated heterocycles. The number of fused-ring (bicyclic) bond motifs is 2. The lowest BCUT2D eigenvalue weighted by Crippen LogP contribution is -2.43. The molecule has 1 amide bonds. The number of carbonyl (C=O) groups is 2. The van der Waals surface area contributed by atoms with Crippen LogP contribution in [0.2, 0.25) is 0 Å². The molecule has 1 heterocycles. The van der Waals surface area contributed by atoms with Gasteiger partial charge in [0.05, 0.1) is 0 Å². The van der Waals surface area contributed by atoms with Gasteiger partial charge in [0.25, 0.3) is 5.91 Å². The second kappa shape index (κ2) is 5.78. The Kier molecular flexibility index (Phi) is 3.60. The van der Waals surface area contributed by atoms with E-state index < -0.39 is 12.0 Å². The lowest BCUT2D eigenvalue weighted by molar-refractivity contribution is -0.143. The van der Waals surface area contributed by atoms with Crippen molar-refractivity contribution in [3.05, 3.63) is 70.3 Å². The molecule has 0 bridgehead atoms. The van der Waals surface area contributed by atoms with Crippen LogP contribution in [0.25, 0.3) is 0 Å². The first kappa shape index (κ1) is 14.9. The summed E-state index contributed by atoms with van der Waals surface area (Å²) >= 11 is 0. The maximum absolute atomic E-state index is 13.0. The summed E-state index contributed by atoms with van der Waals surface area (Å²) in [5, 5.41) is 9.71. The lowest BCUT2D eigenvalue weighted by Gasteiger charge is -2.35. The standard InChI is InChI=1S/C20H19NO3/c22-19(16-9-8-13-5-3-6-15(13)12-16)21-11-10-14-4-1-2-7-17(14)18(21)20(23)24/h1-2,4,7-9,12,18H,3,5-6,10-11H2,(H,23,24). The van der Waals surface area contributed by atoms with Crippen LogP contribution in [0.3, 0.4) is 0 Å². The Morgan fingerprint density at radius 2 is 1.75 bits per heavy atom. The van der Waals surface area contributed by atoms with Gasteiger partial charge in [-0.3, -0.25) is 4.79 Å². The number of aryl methyl sites for hydroxylation is 2. The minimum Gasteiger partial charge on any atom is -0.479 e. The fourth-order valence-electron chi connectivity index (χ4n) is 3.92. The molecule has 1 aliphatic carbocycles. The van der Waals surface area contributed by atoms with E-state index in [1.807, 2.05) is 42.5 Å². The third kappa shape index (κ3) is 2.39. The highest BCUT2D eigenvalue weighted by Crippen LogP contribution is 2.32. The average molecular weight is 321 g/mol. The van der Waals surface area contributed by atoms with Crippen molar-refractivity contribution in [2.45, 2.75) is 31.7 Å². The molecule has 0 spiro atoms. The van der Waals surface area contributed by atoms with Crippen molar-refractivity contribution >= 4 is 11.9 Å². The second-order valence-corrected chi connectivity index (χ2v) is 6.53. The van der Waals surface area contributed by atoms with Crippen molar-refractivity contribution < 1.29 is 14.7 Å². The molecule has 4 nitrogen and oxygen atoms in total. The van der Waals surface area contributed by atoms with Gasteiger partial charge in [0.1, 0.15) is 0 Å². The third-order valence-electron chi connectivity index (χ3n) is 5.12. The lowest BCUT2D eigenvalue weighted by atomic mass is 9.92. The zero-order valence-corrected chi connectivity index (χ0v) is 13.4. The van der Waals surface area contributed by atoms with Gasteiger partial charge in [-0.25, -0.2) is 4.79 Å². The molecule has 0 aromatic heterocycles. The van der Waals surface area contributed by atoms with Crippen LogP contribution < -0.4 is 0 Å². The van der Waals surface area contributed by atoms with Crippen LogP contribution in [-0.2, 0) is 24.1 Å². The van der Waals surface area contributed by atoms with Crippen LogP contribution in [0.5, 0.6) is 0 Å². The highest BCUT2D eigenvalue weighted by atomic mass is 16.4. The Morgan fingerprint density at radius 1 is 0.958 bits per heavy atom. The van der Waals surface area contributed by atoms with Crippen molar-refractivity contribution in [1.82, 2.24) is 4.90 Å². The van der Waals surface area contributed by atoms with Gasteiger partial charge in [0.15, 0.2) is 6.04 Å². The van der Waals surface area contributed by atoms with Crippen molar-refractivity contribution in [2.24, 2.45) is 0 Å². The number of hydrogen-bond donors (Lipinski definition) is 1. The Bertz CT molecular complexity index is 827. The van der Waals surface area contributed by atoms with E-state index >= 15 is 0 Å². The van der Waals surface area contributed by atoms with Crippen molar-refractivity contribution in [3.63, 3.8) is 0 Å². The summed E-state index contributed by atoms with van der Waals surface area (Å²) in [5.41, 5.74) is 4.88. The van der Waals surface area contributed by atoms with E-state index in [4.69, 9.17) is 0 Å². The first-order valence-electron chi connectivity index (χ1n) is 8.38. The first-order valence-corrected chi connectivity index (χ1v) is 8.38. The fourth-order valence-corrected chi connectivity index (χ4v) is 3.92. The number of carboxylic acids is 1. The number of benzene rings is 2. The van der Waals surface area contributed by atoms with Crippen LogP contribution >= 0.6 is 0 Å². The number of nitrogens with zero attached hydrogens (tertiary/aromatic N) is 1. The summed E-state index contributed by atoms with van der Waals surface area (Å²) in [7, 11) is 0. The zero-order valence-electron chi connectivity index (χ0n) is 13.4. The molecule has 1 N–H and O–H groups in total. The third-order valence-corrected chi connectivity index (χ3v) is 5.12. The molecule has 0 radical (unpaired) electrons. The molecule has 2 aromatic carbocycles. The van der Waals surface area contributed by atoms with Gasteiger partial charge in [-0.2, -0.15) is 0 Å². The molecule has 1 atom stereocenters. The summed E-state index contributed by atoms with van der Waals surface area (Å²) in [6.45, 7) is 0.434. The number of hydrogen-bond acceptors (Lipinski definition) is 2. The predicted molar refractivity (Wildman–Crippen MR) is 90.0 cm³/mol. The quantitative estimate of drug-likeness (QED) is 0.925. The van der Waals surface area contributed by atoms with E-state index in [2.05, 4.69) is 0 Å². The van der Waals surface area contributed by atoms with Crippen LogP contribution in [-0.4, -0.2) is 28.4 Å². The molecule has 4 rings (SSSR count). The Labute approximate surface area is 140 Å². The topological polar surface area (TPSA) is 57.6 Å². The van der Waals surface area contributed by atoms with Crippen molar-refractivity contribution in [1.29, 1.82) is 0 Å². The van der Waals surface area contributed by atoms with Crippen LogP contribution in [0, 0.1) is 0 Å². The summed E-state index contributed by atoms with van der Waals surface area (Å²) in [6.07, 6.45) is 3.89. The normalized spacial score (nSPS) is 18.8. The molecular weight excluding hydrogens is 302 g/mol. The van der Waals surface area contributed by atoms with E-state index in [0.29, 0.717) is 18.5 Å². The molecule has 1 unspecified atom stereocenters. The molecule has 24 heavy (non-hydrogen) atoms. The van der Waals surface area contributed by atoms with Gasteiger partial charge in [-0.1, -0.05) is 30.3 Å². The molecule has 122 valence electrons.